The fourth-order valence-corrected chi connectivity index (χ4v) is 1.44. The van der Waals surface area contributed by atoms with Crippen LogP contribution in [0.1, 0.15) is 12.5 Å². The molecule has 0 spiro atoms. The molecule has 1 unspecified atom stereocenters. The van der Waals surface area contributed by atoms with Crippen molar-refractivity contribution in [3.63, 3.8) is 0 Å². The molecule has 0 aliphatic rings. The Hall–Kier alpha value is -2.23. The number of amides is 1. The number of carbonyl (C=O) groups is 1. The van der Waals surface area contributed by atoms with Gasteiger partial charge in [-0.2, -0.15) is 13.2 Å². The molecule has 1 aromatic carbocycles. The van der Waals surface area contributed by atoms with E-state index in [-0.39, 0.29) is 12.2 Å². The van der Waals surface area contributed by atoms with Crippen molar-refractivity contribution in [3.05, 3.63) is 29.6 Å². The third kappa shape index (κ3) is 4.16. The Morgan fingerprint density at radius 3 is 2.65 bits per heavy atom. The van der Waals surface area contributed by atoms with E-state index in [1.54, 1.807) is 0 Å². The van der Waals surface area contributed by atoms with Crippen molar-refractivity contribution in [2.45, 2.75) is 19.1 Å². The fourth-order valence-electron chi connectivity index (χ4n) is 1.44. The minimum absolute atomic E-state index is 0.0120. The van der Waals surface area contributed by atoms with Gasteiger partial charge in [0.25, 0.3) is 0 Å². The van der Waals surface area contributed by atoms with E-state index in [0.29, 0.717) is 12.1 Å². The lowest BCUT2D eigenvalue weighted by atomic mass is 10.1. The van der Waals surface area contributed by atoms with Crippen molar-refractivity contribution in [2.75, 3.05) is 11.9 Å². The molecule has 2 N–H and O–H groups in total. The molecule has 0 radical (unpaired) electrons. The summed E-state index contributed by atoms with van der Waals surface area (Å²) in [4.78, 5) is 11.5. The number of nitrogens with one attached hydrogen (secondary N) is 2. The van der Waals surface area contributed by atoms with Crippen LogP contribution in [0.25, 0.3) is 0 Å². The van der Waals surface area contributed by atoms with Crippen molar-refractivity contribution < 1.29 is 22.4 Å². The van der Waals surface area contributed by atoms with Crippen LogP contribution in [0.5, 0.6) is 0 Å². The quantitative estimate of drug-likeness (QED) is 0.660. The van der Waals surface area contributed by atoms with E-state index >= 15 is 0 Å². The van der Waals surface area contributed by atoms with Gasteiger partial charge in [-0.3, -0.25) is 4.79 Å². The van der Waals surface area contributed by atoms with E-state index in [1.807, 2.05) is 0 Å². The molecule has 20 heavy (non-hydrogen) atoms. The number of terminal acetylenes is 1. The Balaban J connectivity index is 2.84. The number of anilines is 1. The normalized spacial score (nSPS) is 12.4. The summed E-state index contributed by atoms with van der Waals surface area (Å²) in [6.45, 7) is 1.46. The first-order valence-electron chi connectivity index (χ1n) is 5.60. The fraction of sp³-hybridized carbons (Fsp3) is 0.308. The Labute approximate surface area is 113 Å². The van der Waals surface area contributed by atoms with E-state index in [9.17, 15) is 22.4 Å². The van der Waals surface area contributed by atoms with Gasteiger partial charge in [0.15, 0.2) is 0 Å². The molecule has 108 valence electrons. The summed E-state index contributed by atoms with van der Waals surface area (Å²) in [5, 5.41) is 4.92. The molecule has 0 fully saturated rings. The van der Waals surface area contributed by atoms with Crippen LogP contribution < -0.4 is 10.6 Å². The lowest BCUT2D eigenvalue weighted by Gasteiger charge is -2.16. The van der Waals surface area contributed by atoms with E-state index in [2.05, 4.69) is 16.6 Å². The molecule has 0 saturated carbocycles. The van der Waals surface area contributed by atoms with Crippen LogP contribution in [0.4, 0.5) is 23.2 Å². The molecular weight excluding hydrogens is 276 g/mol. The zero-order chi connectivity index (χ0) is 15.3. The van der Waals surface area contributed by atoms with Gasteiger partial charge in [-0.1, -0.05) is 5.92 Å². The van der Waals surface area contributed by atoms with E-state index in [4.69, 9.17) is 6.42 Å². The first-order valence-corrected chi connectivity index (χ1v) is 5.60. The monoisotopic (exact) mass is 288 g/mol. The zero-order valence-electron chi connectivity index (χ0n) is 10.5. The van der Waals surface area contributed by atoms with Crippen LogP contribution in [-0.2, 0) is 11.0 Å². The van der Waals surface area contributed by atoms with Crippen LogP contribution in [0.2, 0.25) is 0 Å². The third-order valence-electron chi connectivity index (χ3n) is 2.41. The maximum Gasteiger partial charge on any atom is 0.419 e. The molecule has 1 aromatic rings. The first-order chi connectivity index (χ1) is 9.25. The van der Waals surface area contributed by atoms with Gasteiger partial charge in [-0.15, -0.1) is 6.42 Å². The zero-order valence-corrected chi connectivity index (χ0v) is 10.5. The maximum atomic E-state index is 13.1. The molecule has 1 atom stereocenters. The number of carbonyl (C=O) groups excluding carboxylic acids is 1. The van der Waals surface area contributed by atoms with Crippen LogP contribution in [-0.4, -0.2) is 18.5 Å². The standard InChI is InChI=1S/C13H12F4N2O/c1-3-6-18-12(20)8(2)19-9-4-5-11(14)10(7-9)13(15,16)17/h1,4-5,7-8,19H,6H2,2H3,(H,18,20). The molecular formula is C13H12F4N2O. The van der Waals surface area contributed by atoms with Gasteiger partial charge in [0.2, 0.25) is 5.91 Å². The second kappa shape index (κ2) is 6.28. The Morgan fingerprint density at radius 2 is 2.10 bits per heavy atom. The predicted octanol–water partition coefficient (Wildman–Crippen LogP) is 2.39. The second-order valence-corrected chi connectivity index (χ2v) is 3.98. The van der Waals surface area contributed by atoms with Crippen LogP contribution in [0.3, 0.4) is 0 Å². The second-order valence-electron chi connectivity index (χ2n) is 3.98. The number of alkyl halides is 3. The molecule has 0 heterocycles. The van der Waals surface area contributed by atoms with Crippen molar-refractivity contribution in [1.82, 2.24) is 5.32 Å². The van der Waals surface area contributed by atoms with Gasteiger partial charge in [0.1, 0.15) is 11.9 Å². The molecule has 0 aromatic heterocycles. The van der Waals surface area contributed by atoms with Gasteiger partial charge < -0.3 is 10.6 Å². The molecule has 1 rings (SSSR count). The summed E-state index contributed by atoms with van der Waals surface area (Å²) in [5.74, 6) is 0.356. The summed E-state index contributed by atoms with van der Waals surface area (Å²) in [7, 11) is 0. The third-order valence-corrected chi connectivity index (χ3v) is 2.41. The summed E-state index contributed by atoms with van der Waals surface area (Å²) < 4.78 is 50.6. The molecule has 0 bridgehead atoms. The average Bonchev–Trinajstić information content (AvgIpc) is 2.36. The average molecular weight is 288 g/mol. The minimum atomic E-state index is -4.79. The Kier molecular flexibility index (Phi) is 4.97. The topological polar surface area (TPSA) is 41.1 Å². The SMILES string of the molecule is C#CCNC(=O)C(C)Nc1ccc(F)c(C(F)(F)F)c1. The lowest BCUT2D eigenvalue weighted by molar-refractivity contribution is -0.139. The summed E-state index contributed by atoms with van der Waals surface area (Å²) in [6.07, 6.45) is 0.167. The number of hydrogen-bond donors (Lipinski definition) is 2. The Bertz CT molecular complexity index is 534. The molecule has 0 saturated heterocycles. The van der Waals surface area contributed by atoms with Crippen LogP contribution >= 0.6 is 0 Å². The van der Waals surface area contributed by atoms with Crippen molar-refractivity contribution in [3.8, 4) is 12.3 Å². The highest BCUT2D eigenvalue weighted by atomic mass is 19.4. The largest absolute Gasteiger partial charge is 0.419 e. The van der Waals surface area contributed by atoms with Crippen LogP contribution in [0, 0.1) is 18.2 Å². The minimum Gasteiger partial charge on any atom is -0.374 e. The highest BCUT2D eigenvalue weighted by molar-refractivity contribution is 5.84. The smallest absolute Gasteiger partial charge is 0.374 e. The summed E-state index contributed by atoms with van der Waals surface area (Å²) in [6, 6.07) is 1.61. The molecule has 0 aliphatic heterocycles. The van der Waals surface area contributed by atoms with Crippen molar-refractivity contribution in [1.29, 1.82) is 0 Å². The molecule has 0 aliphatic carbocycles. The number of benzene rings is 1. The van der Waals surface area contributed by atoms with Crippen molar-refractivity contribution in [2.24, 2.45) is 0 Å². The van der Waals surface area contributed by atoms with Crippen molar-refractivity contribution >= 4 is 11.6 Å². The van der Waals surface area contributed by atoms with E-state index in [0.717, 1.165) is 6.07 Å². The molecule has 7 heteroatoms. The van der Waals surface area contributed by atoms with Gasteiger partial charge in [0, 0.05) is 5.69 Å². The van der Waals surface area contributed by atoms with Gasteiger partial charge in [-0.25, -0.2) is 4.39 Å². The number of halogens is 4. The van der Waals surface area contributed by atoms with E-state index < -0.39 is 29.5 Å². The molecule has 3 nitrogen and oxygen atoms in total. The first kappa shape index (κ1) is 15.8. The van der Waals surface area contributed by atoms with Gasteiger partial charge >= 0.3 is 6.18 Å². The highest BCUT2D eigenvalue weighted by Gasteiger charge is 2.34. The maximum absolute atomic E-state index is 13.1. The number of hydrogen-bond acceptors (Lipinski definition) is 2. The summed E-state index contributed by atoms with van der Waals surface area (Å²) >= 11 is 0. The highest BCUT2D eigenvalue weighted by Crippen LogP contribution is 2.33. The van der Waals surface area contributed by atoms with E-state index in [1.165, 1.54) is 6.92 Å². The van der Waals surface area contributed by atoms with Gasteiger partial charge in [-0.05, 0) is 25.1 Å². The molecule has 1 amide bonds. The summed E-state index contributed by atoms with van der Waals surface area (Å²) in [5.41, 5.74) is -1.40. The Morgan fingerprint density at radius 1 is 1.45 bits per heavy atom. The van der Waals surface area contributed by atoms with Gasteiger partial charge in [0.05, 0.1) is 12.1 Å². The number of rotatable bonds is 4. The lowest BCUT2D eigenvalue weighted by Crippen LogP contribution is -2.37. The van der Waals surface area contributed by atoms with Crippen LogP contribution in [0.15, 0.2) is 18.2 Å². The predicted molar refractivity (Wildman–Crippen MR) is 66.3 cm³/mol.